The van der Waals surface area contributed by atoms with Crippen molar-refractivity contribution >= 4 is 31.4 Å². The number of hydrogen-bond donors (Lipinski definition) is 0. The van der Waals surface area contributed by atoms with Crippen LogP contribution in [-0.2, 0) is 20.0 Å². The van der Waals surface area contributed by atoms with E-state index in [0.717, 1.165) is 15.4 Å². The number of para-hydroxylation sites is 2. The smallest absolute Gasteiger partial charge is 0.260 e. The predicted octanol–water partition coefficient (Wildman–Crippen LogP) is 4.78. The molecule has 170 valence electrons. The average Bonchev–Trinajstić information content (AvgIpc) is 2.97. The first kappa shape index (κ1) is 22.8. The highest BCUT2D eigenvalue weighted by atomic mass is 32.2. The highest BCUT2D eigenvalue weighted by molar-refractivity contribution is 7.93. The van der Waals surface area contributed by atoms with Crippen LogP contribution < -0.4 is 8.61 Å². The van der Waals surface area contributed by atoms with E-state index in [1.54, 1.807) is 78.9 Å². The minimum absolute atomic E-state index is 0.0471. The van der Waals surface area contributed by atoms with Gasteiger partial charge in [-0.25, -0.2) is 21.1 Å². The molecule has 0 unspecified atom stereocenters. The molecule has 0 bridgehead atoms. The Morgan fingerprint density at radius 3 is 1.73 bits per heavy atom. The number of rotatable bonds is 5. The van der Waals surface area contributed by atoms with Crippen LogP contribution in [0.1, 0.15) is 11.1 Å². The fourth-order valence-electron chi connectivity index (χ4n) is 3.66. The molecule has 0 radical (unpaired) electrons. The number of aryl methyl sites for hydroxylation is 2. The molecular formula is C25H24N2O4S2. The molecule has 0 aliphatic carbocycles. The maximum atomic E-state index is 13.7. The van der Waals surface area contributed by atoms with Gasteiger partial charge in [-0.05, 0) is 62.4 Å². The summed E-state index contributed by atoms with van der Waals surface area (Å²) < 4.78 is 57.0. The lowest BCUT2D eigenvalue weighted by Crippen LogP contribution is -2.32. The van der Waals surface area contributed by atoms with Crippen LogP contribution in [0.2, 0.25) is 0 Å². The number of allylic oxidation sites excluding steroid dienone is 1. The zero-order valence-electron chi connectivity index (χ0n) is 18.3. The third-order valence-corrected chi connectivity index (χ3v) is 9.00. The first-order valence-electron chi connectivity index (χ1n) is 10.3. The molecule has 0 amide bonds. The number of sulfonamides is 2. The van der Waals surface area contributed by atoms with Crippen LogP contribution in [0.25, 0.3) is 0 Å². The van der Waals surface area contributed by atoms with Gasteiger partial charge in [0.1, 0.15) is 0 Å². The van der Waals surface area contributed by atoms with Gasteiger partial charge in [-0.1, -0.05) is 54.1 Å². The molecular weight excluding hydrogens is 456 g/mol. The van der Waals surface area contributed by atoms with Gasteiger partial charge in [-0.2, -0.15) is 0 Å². The van der Waals surface area contributed by atoms with Crippen LogP contribution in [0, 0.1) is 13.8 Å². The summed E-state index contributed by atoms with van der Waals surface area (Å²) in [6, 6.07) is 19.7. The highest BCUT2D eigenvalue weighted by Gasteiger charge is 2.35. The van der Waals surface area contributed by atoms with Crippen molar-refractivity contribution in [2.75, 3.05) is 15.2 Å². The molecule has 0 saturated carbocycles. The van der Waals surface area contributed by atoms with Gasteiger partial charge in [-0.3, -0.25) is 4.31 Å². The predicted molar refractivity (Wildman–Crippen MR) is 131 cm³/mol. The van der Waals surface area contributed by atoms with Gasteiger partial charge in [0.2, 0.25) is 0 Å². The molecule has 33 heavy (non-hydrogen) atoms. The van der Waals surface area contributed by atoms with Crippen molar-refractivity contribution in [3.8, 4) is 0 Å². The first-order chi connectivity index (χ1) is 15.7. The van der Waals surface area contributed by atoms with Crippen LogP contribution in [0.4, 0.5) is 11.4 Å². The van der Waals surface area contributed by atoms with Gasteiger partial charge in [0.15, 0.2) is 0 Å². The maximum absolute atomic E-state index is 13.7. The minimum atomic E-state index is -4.04. The Balaban J connectivity index is 1.92. The lowest BCUT2D eigenvalue weighted by Gasteiger charge is -2.28. The minimum Gasteiger partial charge on any atom is -0.260 e. The maximum Gasteiger partial charge on any atom is 0.268 e. The van der Waals surface area contributed by atoms with E-state index < -0.39 is 20.0 Å². The van der Waals surface area contributed by atoms with Crippen LogP contribution in [0.3, 0.4) is 0 Å². The lowest BCUT2D eigenvalue weighted by atomic mass is 10.2. The van der Waals surface area contributed by atoms with Crippen molar-refractivity contribution in [3.05, 3.63) is 108 Å². The topological polar surface area (TPSA) is 74.8 Å². The monoisotopic (exact) mass is 480 g/mol. The largest absolute Gasteiger partial charge is 0.268 e. The molecule has 6 nitrogen and oxygen atoms in total. The fraction of sp³-hybridized carbons (Fsp3) is 0.120. The van der Waals surface area contributed by atoms with Crippen LogP contribution >= 0.6 is 0 Å². The Hall–Kier alpha value is -3.36. The Labute approximate surface area is 195 Å². The molecule has 0 spiro atoms. The number of nitrogens with zero attached hydrogens (tertiary/aromatic N) is 2. The van der Waals surface area contributed by atoms with Crippen molar-refractivity contribution in [3.63, 3.8) is 0 Å². The number of anilines is 2. The van der Waals surface area contributed by atoms with Crippen LogP contribution in [0.5, 0.6) is 0 Å². The van der Waals surface area contributed by atoms with Gasteiger partial charge >= 0.3 is 0 Å². The third kappa shape index (κ3) is 4.07. The van der Waals surface area contributed by atoms with E-state index in [1.807, 2.05) is 13.8 Å². The molecule has 0 atom stereocenters. The number of benzene rings is 3. The van der Waals surface area contributed by atoms with Crippen molar-refractivity contribution in [2.24, 2.45) is 0 Å². The summed E-state index contributed by atoms with van der Waals surface area (Å²) in [5.41, 5.74) is 2.65. The standard InChI is InChI=1S/C25H24N2O4S2/c1-4-21-17-18-26(32(28,29)22-13-9-19(2)10-14-22)24-7-5-6-8-25(24)27(21)33(30,31)23-15-11-20(3)12-16-23/h4-17H,1,18H2,2-3H3. The zero-order valence-corrected chi connectivity index (χ0v) is 20.0. The molecule has 8 heteroatoms. The van der Waals surface area contributed by atoms with E-state index >= 15 is 0 Å². The molecule has 0 aromatic heterocycles. The average molecular weight is 481 g/mol. The Bertz CT molecular complexity index is 1440. The first-order valence-corrected chi connectivity index (χ1v) is 13.2. The zero-order chi connectivity index (χ0) is 23.8. The SMILES string of the molecule is C=CC1=CCN(S(=O)(=O)c2ccc(C)cc2)c2ccccc2N1S(=O)(=O)c1ccc(C)cc1. The van der Waals surface area contributed by atoms with E-state index in [2.05, 4.69) is 6.58 Å². The lowest BCUT2D eigenvalue weighted by molar-refractivity contribution is 0.591. The summed E-state index contributed by atoms with van der Waals surface area (Å²) >= 11 is 0. The van der Waals surface area contributed by atoms with Gasteiger partial charge in [0.05, 0.1) is 33.4 Å². The van der Waals surface area contributed by atoms with Gasteiger partial charge < -0.3 is 0 Å². The summed E-state index contributed by atoms with van der Waals surface area (Å²) in [5.74, 6) is 0. The van der Waals surface area contributed by atoms with E-state index in [1.165, 1.54) is 10.4 Å². The Morgan fingerprint density at radius 2 is 1.21 bits per heavy atom. The molecule has 3 aromatic rings. The Kier molecular flexibility index (Phi) is 5.90. The normalized spacial score (nSPS) is 14.3. The second-order valence-electron chi connectivity index (χ2n) is 7.75. The van der Waals surface area contributed by atoms with Crippen LogP contribution in [0.15, 0.2) is 107 Å². The number of fused-ring (bicyclic) bond motifs is 1. The van der Waals surface area contributed by atoms with Gasteiger partial charge in [0.25, 0.3) is 20.0 Å². The second-order valence-corrected chi connectivity index (χ2v) is 11.4. The summed E-state index contributed by atoms with van der Waals surface area (Å²) in [6.45, 7) is 7.49. The summed E-state index contributed by atoms with van der Waals surface area (Å²) in [5, 5.41) is 0. The summed E-state index contributed by atoms with van der Waals surface area (Å²) in [7, 11) is -8.00. The fourth-order valence-corrected chi connectivity index (χ4v) is 6.61. The van der Waals surface area contributed by atoms with Crippen molar-refractivity contribution in [1.29, 1.82) is 0 Å². The second kappa shape index (κ2) is 8.53. The summed E-state index contributed by atoms with van der Waals surface area (Å²) in [6.07, 6.45) is 2.98. The molecule has 0 fully saturated rings. The molecule has 4 rings (SSSR count). The molecule has 1 aliphatic heterocycles. The molecule has 0 N–H and O–H groups in total. The van der Waals surface area contributed by atoms with E-state index in [9.17, 15) is 16.8 Å². The molecule has 0 saturated heterocycles. The highest BCUT2D eigenvalue weighted by Crippen LogP contribution is 2.40. The Morgan fingerprint density at radius 1 is 0.727 bits per heavy atom. The quantitative estimate of drug-likeness (QED) is 0.527. The van der Waals surface area contributed by atoms with Gasteiger partial charge in [-0.15, -0.1) is 0 Å². The molecule has 1 heterocycles. The summed E-state index contributed by atoms with van der Waals surface area (Å²) in [4.78, 5) is 0.233. The van der Waals surface area contributed by atoms with E-state index in [4.69, 9.17) is 0 Å². The van der Waals surface area contributed by atoms with Crippen LogP contribution in [-0.4, -0.2) is 23.4 Å². The van der Waals surface area contributed by atoms with Crippen molar-refractivity contribution < 1.29 is 16.8 Å². The van der Waals surface area contributed by atoms with Crippen molar-refractivity contribution in [2.45, 2.75) is 23.6 Å². The number of hydrogen-bond acceptors (Lipinski definition) is 4. The molecule has 3 aromatic carbocycles. The molecule has 1 aliphatic rings. The van der Waals surface area contributed by atoms with Crippen molar-refractivity contribution in [1.82, 2.24) is 0 Å². The third-order valence-electron chi connectivity index (χ3n) is 5.45. The van der Waals surface area contributed by atoms with E-state index in [0.29, 0.717) is 0 Å². The van der Waals surface area contributed by atoms with E-state index in [-0.39, 0.29) is 33.4 Å². The van der Waals surface area contributed by atoms with Gasteiger partial charge in [0, 0.05) is 0 Å².